The van der Waals surface area contributed by atoms with Crippen molar-refractivity contribution in [1.29, 1.82) is 0 Å². The van der Waals surface area contributed by atoms with Crippen LogP contribution >= 0.6 is 0 Å². The van der Waals surface area contributed by atoms with Crippen LogP contribution < -0.4 is 5.32 Å². The Hall–Kier alpha value is -1.63. The topological polar surface area (TPSA) is 42.7 Å². The molecule has 2 aromatic rings. The molecule has 0 aromatic carbocycles. The van der Waals surface area contributed by atoms with Gasteiger partial charge in [-0.05, 0) is 37.9 Å². The smallest absolute Gasteiger partial charge is 0.313 e. The van der Waals surface area contributed by atoms with Crippen LogP contribution in [0.2, 0.25) is 0 Å². The zero-order chi connectivity index (χ0) is 15.5. The third-order valence-electron chi connectivity index (χ3n) is 3.31. The Morgan fingerprint density at radius 2 is 2.05 bits per heavy atom. The van der Waals surface area contributed by atoms with Crippen LogP contribution in [-0.2, 0) is 13.6 Å². The number of alkyl halides is 3. The molecular formula is C14H19F3N4. The quantitative estimate of drug-likeness (QED) is 0.834. The Kier molecular flexibility index (Phi) is 4.82. The summed E-state index contributed by atoms with van der Waals surface area (Å²) in [6.45, 7) is 3.10. The van der Waals surface area contributed by atoms with E-state index in [0.29, 0.717) is 19.5 Å². The minimum atomic E-state index is -4.05. The van der Waals surface area contributed by atoms with Crippen molar-refractivity contribution in [3.8, 4) is 0 Å². The molecule has 21 heavy (non-hydrogen) atoms. The van der Waals surface area contributed by atoms with E-state index in [-0.39, 0.29) is 6.42 Å². The van der Waals surface area contributed by atoms with E-state index < -0.39 is 12.6 Å². The Labute approximate surface area is 121 Å². The standard InChI is InChI=1S/C14H19F3N4/c1-10-12-7-11(9-19-13(12)21(2)20-10)8-18-6-4-3-5-14(15,16)17/h7,9,18H,3-6,8H2,1-2H3. The number of nitrogens with one attached hydrogen (secondary N) is 1. The first-order valence-electron chi connectivity index (χ1n) is 6.92. The number of unbranched alkanes of at least 4 members (excludes halogenated alkanes) is 1. The number of hydrogen-bond acceptors (Lipinski definition) is 3. The summed E-state index contributed by atoms with van der Waals surface area (Å²) in [5.41, 5.74) is 2.77. The fourth-order valence-electron chi connectivity index (χ4n) is 2.26. The largest absolute Gasteiger partial charge is 0.389 e. The lowest BCUT2D eigenvalue weighted by Crippen LogP contribution is -2.16. The normalized spacial score (nSPS) is 12.2. The summed E-state index contributed by atoms with van der Waals surface area (Å²) < 4.78 is 37.7. The van der Waals surface area contributed by atoms with Crippen LogP contribution in [0.15, 0.2) is 12.3 Å². The molecule has 116 valence electrons. The predicted octanol–water partition coefficient (Wildman–Crippen LogP) is 3.10. The summed E-state index contributed by atoms with van der Waals surface area (Å²) in [5, 5.41) is 8.45. The predicted molar refractivity (Wildman–Crippen MR) is 74.9 cm³/mol. The van der Waals surface area contributed by atoms with Gasteiger partial charge in [0, 0.05) is 31.6 Å². The van der Waals surface area contributed by atoms with Crippen LogP contribution in [0.25, 0.3) is 11.0 Å². The molecule has 0 saturated heterocycles. The van der Waals surface area contributed by atoms with Crippen LogP contribution in [0, 0.1) is 6.92 Å². The summed E-state index contributed by atoms with van der Waals surface area (Å²) in [4.78, 5) is 4.36. The molecule has 0 spiro atoms. The molecule has 2 rings (SSSR count). The van der Waals surface area contributed by atoms with Crippen molar-refractivity contribution in [3.63, 3.8) is 0 Å². The highest BCUT2D eigenvalue weighted by molar-refractivity contribution is 5.78. The fourth-order valence-corrected chi connectivity index (χ4v) is 2.26. The molecule has 7 heteroatoms. The van der Waals surface area contributed by atoms with Crippen molar-refractivity contribution in [3.05, 3.63) is 23.5 Å². The molecule has 0 unspecified atom stereocenters. The van der Waals surface area contributed by atoms with Gasteiger partial charge >= 0.3 is 6.18 Å². The van der Waals surface area contributed by atoms with Crippen LogP contribution in [0.5, 0.6) is 0 Å². The first-order valence-corrected chi connectivity index (χ1v) is 6.92. The molecule has 0 bridgehead atoms. The van der Waals surface area contributed by atoms with E-state index in [1.165, 1.54) is 0 Å². The molecular weight excluding hydrogens is 281 g/mol. The Balaban J connectivity index is 1.80. The second-order valence-electron chi connectivity index (χ2n) is 5.17. The molecule has 0 fully saturated rings. The first-order chi connectivity index (χ1) is 9.87. The van der Waals surface area contributed by atoms with Crippen molar-refractivity contribution in [2.45, 2.75) is 38.9 Å². The third kappa shape index (κ3) is 4.42. The van der Waals surface area contributed by atoms with Gasteiger partial charge in [0.05, 0.1) is 5.69 Å². The minimum Gasteiger partial charge on any atom is -0.313 e. The van der Waals surface area contributed by atoms with Gasteiger partial charge < -0.3 is 5.32 Å². The molecule has 4 nitrogen and oxygen atoms in total. The van der Waals surface area contributed by atoms with E-state index in [0.717, 1.165) is 22.3 Å². The van der Waals surface area contributed by atoms with E-state index in [1.807, 2.05) is 20.0 Å². The third-order valence-corrected chi connectivity index (χ3v) is 3.31. The monoisotopic (exact) mass is 300 g/mol. The van der Waals surface area contributed by atoms with Crippen molar-refractivity contribution >= 4 is 11.0 Å². The molecule has 0 aliphatic heterocycles. The van der Waals surface area contributed by atoms with Crippen molar-refractivity contribution in [1.82, 2.24) is 20.1 Å². The number of hydrogen-bond donors (Lipinski definition) is 1. The van der Waals surface area contributed by atoms with E-state index in [4.69, 9.17) is 0 Å². The van der Waals surface area contributed by atoms with Crippen LogP contribution in [0.1, 0.15) is 30.5 Å². The highest BCUT2D eigenvalue weighted by Crippen LogP contribution is 2.22. The second kappa shape index (κ2) is 6.43. The van der Waals surface area contributed by atoms with Gasteiger partial charge in [0.25, 0.3) is 0 Å². The van der Waals surface area contributed by atoms with Crippen LogP contribution in [0.4, 0.5) is 13.2 Å². The number of fused-ring (bicyclic) bond motifs is 1. The van der Waals surface area contributed by atoms with Gasteiger partial charge in [-0.3, -0.25) is 4.68 Å². The second-order valence-corrected chi connectivity index (χ2v) is 5.17. The SMILES string of the molecule is Cc1nn(C)c2ncc(CNCCCCC(F)(F)F)cc12. The summed E-state index contributed by atoms with van der Waals surface area (Å²) in [6.07, 6.45) is -2.31. The summed E-state index contributed by atoms with van der Waals surface area (Å²) in [6, 6.07) is 2.02. The van der Waals surface area contributed by atoms with Gasteiger partial charge in [0.2, 0.25) is 0 Å². The minimum absolute atomic E-state index is 0.162. The van der Waals surface area contributed by atoms with Gasteiger partial charge in [-0.25, -0.2) is 4.98 Å². The highest BCUT2D eigenvalue weighted by atomic mass is 19.4. The van der Waals surface area contributed by atoms with Crippen LogP contribution in [0.3, 0.4) is 0 Å². The lowest BCUT2D eigenvalue weighted by atomic mass is 10.2. The molecule has 2 heterocycles. The van der Waals surface area contributed by atoms with Crippen molar-refractivity contribution in [2.24, 2.45) is 7.05 Å². The van der Waals surface area contributed by atoms with E-state index in [2.05, 4.69) is 15.4 Å². The van der Waals surface area contributed by atoms with E-state index >= 15 is 0 Å². The van der Waals surface area contributed by atoms with Gasteiger partial charge in [-0.15, -0.1) is 0 Å². The number of rotatable bonds is 6. The summed E-state index contributed by atoms with van der Waals surface area (Å²) in [7, 11) is 1.85. The average molecular weight is 300 g/mol. The Bertz CT molecular complexity index is 604. The fraction of sp³-hybridized carbons (Fsp3) is 0.571. The molecule has 0 aliphatic carbocycles. The number of aromatic nitrogens is 3. The maximum Gasteiger partial charge on any atom is 0.389 e. The van der Waals surface area contributed by atoms with Crippen LogP contribution in [-0.4, -0.2) is 27.5 Å². The molecule has 0 radical (unpaired) electrons. The maximum absolute atomic E-state index is 12.0. The molecule has 0 saturated carbocycles. The molecule has 0 amide bonds. The Morgan fingerprint density at radius 1 is 1.29 bits per heavy atom. The zero-order valence-corrected chi connectivity index (χ0v) is 12.2. The van der Waals surface area contributed by atoms with Gasteiger partial charge in [-0.1, -0.05) is 0 Å². The number of pyridine rings is 1. The molecule has 0 aliphatic rings. The molecule has 1 N–H and O–H groups in total. The molecule has 2 aromatic heterocycles. The zero-order valence-electron chi connectivity index (χ0n) is 12.2. The average Bonchev–Trinajstić information content (AvgIpc) is 2.68. The van der Waals surface area contributed by atoms with Crippen molar-refractivity contribution in [2.75, 3.05) is 6.54 Å². The Morgan fingerprint density at radius 3 is 2.76 bits per heavy atom. The van der Waals surface area contributed by atoms with Crippen molar-refractivity contribution < 1.29 is 13.2 Å². The first kappa shape index (κ1) is 15.8. The van der Waals surface area contributed by atoms with E-state index in [1.54, 1.807) is 10.9 Å². The lowest BCUT2D eigenvalue weighted by molar-refractivity contribution is -0.135. The lowest BCUT2D eigenvalue weighted by Gasteiger charge is -2.07. The summed E-state index contributed by atoms with van der Waals surface area (Å²) in [5.74, 6) is 0. The highest BCUT2D eigenvalue weighted by Gasteiger charge is 2.25. The number of aryl methyl sites for hydroxylation is 2. The maximum atomic E-state index is 12.0. The summed E-state index contributed by atoms with van der Waals surface area (Å²) >= 11 is 0. The van der Waals surface area contributed by atoms with Gasteiger partial charge in [0.15, 0.2) is 5.65 Å². The van der Waals surface area contributed by atoms with E-state index in [9.17, 15) is 13.2 Å². The molecule has 0 atom stereocenters. The van der Waals surface area contributed by atoms with Gasteiger partial charge in [0.1, 0.15) is 0 Å². The number of halogens is 3. The van der Waals surface area contributed by atoms with Gasteiger partial charge in [-0.2, -0.15) is 18.3 Å². The number of nitrogens with zero attached hydrogens (tertiary/aromatic N) is 3.